The van der Waals surface area contributed by atoms with Gasteiger partial charge in [-0.3, -0.25) is 19.1 Å². The second kappa shape index (κ2) is 7.72. The van der Waals surface area contributed by atoms with Crippen LogP contribution in [0.25, 0.3) is 10.9 Å². The van der Waals surface area contributed by atoms with Crippen molar-refractivity contribution in [3.05, 3.63) is 51.4 Å². The molecule has 0 aliphatic heterocycles. The van der Waals surface area contributed by atoms with Crippen molar-refractivity contribution in [2.75, 3.05) is 0 Å². The van der Waals surface area contributed by atoms with E-state index < -0.39 is 33.0 Å². The van der Waals surface area contributed by atoms with Crippen LogP contribution in [0.15, 0.2) is 45.1 Å². The number of aromatic nitrogens is 2. The second-order valence-corrected chi connectivity index (χ2v) is 10.5. The van der Waals surface area contributed by atoms with Crippen LogP contribution in [0.3, 0.4) is 0 Å². The maximum absolute atomic E-state index is 12.5. The van der Waals surface area contributed by atoms with Gasteiger partial charge < -0.3 is 5.73 Å². The van der Waals surface area contributed by atoms with Crippen LogP contribution in [0.1, 0.15) is 39.5 Å². The normalized spacial score (nSPS) is 18.0. The number of benzene rings is 1. The van der Waals surface area contributed by atoms with E-state index in [0.717, 1.165) is 25.7 Å². The van der Waals surface area contributed by atoms with Crippen LogP contribution in [-0.2, 0) is 21.4 Å². The van der Waals surface area contributed by atoms with Crippen molar-refractivity contribution in [3.63, 3.8) is 0 Å². The molecule has 4 rings (SSSR count). The Kier molecular flexibility index (Phi) is 5.70. The molecule has 2 aromatic rings. The van der Waals surface area contributed by atoms with E-state index in [1.165, 1.54) is 16.7 Å². The number of hydrogen-bond donors (Lipinski definition) is 3. The topological polar surface area (TPSA) is 144 Å². The number of H-pyrrole nitrogens is 1. The minimum absolute atomic E-state index is 0.0430. The first-order valence-corrected chi connectivity index (χ1v) is 11.2. The molecule has 2 aliphatic carbocycles. The highest BCUT2D eigenvalue weighted by Gasteiger charge is 2.41. The van der Waals surface area contributed by atoms with Gasteiger partial charge >= 0.3 is 5.69 Å². The van der Waals surface area contributed by atoms with Crippen molar-refractivity contribution in [3.8, 4) is 0 Å². The molecule has 31 heavy (non-hydrogen) atoms. The fraction of sp³-hybridized carbons (Fsp3) is 0.450. The van der Waals surface area contributed by atoms with E-state index in [1.807, 2.05) is 6.92 Å². The molecular formula is C20H25FN4O5S. The van der Waals surface area contributed by atoms with Gasteiger partial charge in [0.25, 0.3) is 11.5 Å². The SMILES string of the molecule is C=C(F)C(N)=O.CC1(Cn2c(=O)[nH]c(=O)c3cc(S(=O)(=O)NC4(C)CC4)ccc32)CC1. The van der Waals surface area contributed by atoms with E-state index in [9.17, 15) is 27.2 Å². The van der Waals surface area contributed by atoms with Gasteiger partial charge in [-0.2, -0.15) is 0 Å². The van der Waals surface area contributed by atoms with Crippen LogP contribution in [0.4, 0.5) is 4.39 Å². The Bertz CT molecular complexity index is 1270. The van der Waals surface area contributed by atoms with Crippen molar-refractivity contribution in [1.29, 1.82) is 0 Å². The number of nitrogens with two attached hydrogens (primary N) is 1. The molecule has 2 fully saturated rings. The number of rotatable bonds is 6. The predicted molar refractivity (Wildman–Crippen MR) is 114 cm³/mol. The van der Waals surface area contributed by atoms with Crippen LogP contribution in [-0.4, -0.2) is 29.4 Å². The number of hydrogen-bond acceptors (Lipinski definition) is 5. The number of fused-ring (bicyclic) bond motifs is 1. The first kappa shape index (κ1) is 22.9. The number of aromatic amines is 1. The quantitative estimate of drug-likeness (QED) is 0.566. The lowest BCUT2D eigenvalue weighted by molar-refractivity contribution is -0.115. The number of carbonyl (C=O) groups excluding carboxylic acids is 1. The van der Waals surface area contributed by atoms with Crippen molar-refractivity contribution in [2.24, 2.45) is 11.1 Å². The minimum Gasteiger partial charge on any atom is -0.364 e. The lowest BCUT2D eigenvalue weighted by atomic mass is 10.1. The van der Waals surface area contributed by atoms with Crippen molar-refractivity contribution in [1.82, 2.24) is 14.3 Å². The van der Waals surface area contributed by atoms with Crippen LogP contribution in [0.2, 0.25) is 0 Å². The summed E-state index contributed by atoms with van der Waals surface area (Å²) < 4.78 is 40.4. The average Bonchev–Trinajstić information content (AvgIpc) is 3.58. The highest BCUT2D eigenvalue weighted by atomic mass is 32.2. The zero-order valence-electron chi connectivity index (χ0n) is 17.3. The smallest absolute Gasteiger partial charge is 0.328 e. The predicted octanol–water partition coefficient (Wildman–Crippen LogP) is 1.28. The summed E-state index contributed by atoms with van der Waals surface area (Å²) in [6, 6.07) is 4.37. The van der Waals surface area contributed by atoms with Crippen LogP contribution in [0, 0.1) is 5.41 Å². The lowest BCUT2D eigenvalue weighted by Gasteiger charge is -2.15. The van der Waals surface area contributed by atoms with Gasteiger partial charge in [0, 0.05) is 12.1 Å². The summed E-state index contributed by atoms with van der Waals surface area (Å²) in [5, 5.41) is 0.215. The first-order chi connectivity index (χ1) is 14.3. The molecule has 0 bridgehead atoms. The van der Waals surface area contributed by atoms with Gasteiger partial charge in [0.05, 0.1) is 15.8 Å². The van der Waals surface area contributed by atoms with Crippen molar-refractivity contribution < 1.29 is 17.6 Å². The number of carbonyl (C=O) groups is 1. The Labute approximate surface area is 178 Å². The van der Waals surface area contributed by atoms with Crippen LogP contribution < -0.4 is 21.7 Å². The third-order valence-corrected chi connectivity index (χ3v) is 7.21. The van der Waals surface area contributed by atoms with E-state index in [4.69, 9.17) is 0 Å². The highest BCUT2D eigenvalue weighted by Crippen LogP contribution is 2.46. The monoisotopic (exact) mass is 452 g/mol. The fourth-order valence-corrected chi connectivity index (χ4v) is 4.51. The third-order valence-electron chi connectivity index (χ3n) is 5.57. The first-order valence-electron chi connectivity index (χ1n) is 9.70. The Hall–Kier alpha value is -2.79. The number of primary amides is 1. The molecule has 2 saturated carbocycles. The molecule has 1 amide bonds. The Balaban J connectivity index is 0.000000401. The maximum atomic E-state index is 12.5. The standard InChI is InChI=1S/C17H21N3O4S.C3H4FNO/c1-16(5-6-16)10-20-13-4-3-11(9-12(13)14(21)18-15(20)22)25(23,24)19-17(2)7-8-17;1-2(4)3(5)6/h3-4,9,19H,5-8,10H2,1-2H3,(H,18,21,22);1H2,(H2,5,6). The summed E-state index contributed by atoms with van der Waals surface area (Å²) in [6.45, 7) is 7.08. The molecule has 1 heterocycles. The van der Waals surface area contributed by atoms with E-state index >= 15 is 0 Å². The molecule has 11 heteroatoms. The van der Waals surface area contributed by atoms with Gasteiger partial charge in [-0.05, 0) is 56.2 Å². The Morgan fingerprint density at radius 1 is 1.26 bits per heavy atom. The minimum atomic E-state index is -3.70. The van der Waals surface area contributed by atoms with Gasteiger partial charge in [0.1, 0.15) is 0 Å². The van der Waals surface area contributed by atoms with Crippen molar-refractivity contribution in [2.45, 2.75) is 56.5 Å². The number of nitrogens with zero attached hydrogens (tertiary/aromatic N) is 1. The highest BCUT2D eigenvalue weighted by molar-refractivity contribution is 7.89. The Morgan fingerprint density at radius 2 is 1.84 bits per heavy atom. The maximum Gasteiger partial charge on any atom is 0.328 e. The van der Waals surface area contributed by atoms with Crippen molar-refractivity contribution >= 4 is 26.8 Å². The molecule has 2 aliphatic rings. The molecule has 0 radical (unpaired) electrons. The zero-order valence-corrected chi connectivity index (χ0v) is 18.1. The number of halogens is 1. The zero-order chi connectivity index (χ0) is 23.2. The van der Waals surface area contributed by atoms with E-state index in [-0.39, 0.29) is 21.2 Å². The van der Waals surface area contributed by atoms with Gasteiger partial charge in [0.15, 0.2) is 5.83 Å². The molecule has 0 atom stereocenters. The largest absolute Gasteiger partial charge is 0.364 e. The Morgan fingerprint density at radius 3 is 2.32 bits per heavy atom. The number of nitrogens with one attached hydrogen (secondary N) is 2. The van der Waals surface area contributed by atoms with Crippen LogP contribution in [0.5, 0.6) is 0 Å². The van der Waals surface area contributed by atoms with Gasteiger partial charge in [-0.15, -0.1) is 0 Å². The summed E-state index contributed by atoms with van der Waals surface area (Å²) >= 11 is 0. The van der Waals surface area contributed by atoms with Gasteiger partial charge in [-0.25, -0.2) is 22.3 Å². The van der Waals surface area contributed by atoms with E-state index in [2.05, 4.69) is 28.9 Å². The molecule has 0 unspecified atom stereocenters. The van der Waals surface area contributed by atoms with E-state index in [1.54, 1.807) is 6.07 Å². The van der Waals surface area contributed by atoms with Gasteiger partial charge in [0.2, 0.25) is 10.0 Å². The molecular weight excluding hydrogens is 427 g/mol. The third kappa shape index (κ3) is 5.28. The molecule has 1 aromatic heterocycles. The molecule has 0 saturated heterocycles. The lowest BCUT2D eigenvalue weighted by Crippen LogP contribution is -2.35. The van der Waals surface area contributed by atoms with E-state index in [0.29, 0.717) is 12.1 Å². The van der Waals surface area contributed by atoms with Gasteiger partial charge in [-0.1, -0.05) is 13.5 Å². The summed E-state index contributed by atoms with van der Waals surface area (Å²) in [7, 11) is -3.70. The second-order valence-electron chi connectivity index (χ2n) is 8.77. The summed E-state index contributed by atoms with van der Waals surface area (Å²) in [5.41, 5.74) is 3.46. The molecule has 4 N–H and O–H groups in total. The fourth-order valence-electron chi connectivity index (χ4n) is 3.02. The summed E-state index contributed by atoms with van der Waals surface area (Å²) in [6.07, 6.45) is 3.68. The van der Waals surface area contributed by atoms with Crippen LogP contribution >= 0.6 is 0 Å². The number of sulfonamides is 1. The number of amides is 1. The summed E-state index contributed by atoms with van der Waals surface area (Å²) in [4.78, 5) is 36.2. The average molecular weight is 453 g/mol. The molecule has 0 spiro atoms. The molecule has 1 aromatic carbocycles. The molecule has 168 valence electrons. The summed E-state index contributed by atoms with van der Waals surface area (Å²) in [5.74, 6) is -2.20. The molecule has 9 nitrogen and oxygen atoms in total.